The Hall–Kier alpha value is -1.39. The lowest BCUT2D eigenvalue weighted by Gasteiger charge is -2.12. The Labute approximate surface area is 67.6 Å². The van der Waals surface area contributed by atoms with Gasteiger partial charge in [-0.15, -0.1) is 4.48 Å². The van der Waals surface area contributed by atoms with E-state index >= 15 is 0 Å². The quantitative estimate of drug-likeness (QED) is 0.639. The highest BCUT2D eigenvalue weighted by atomic mass is 19.4. The van der Waals surface area contributed by atoms with Crippen LogP contribution in [0.25, 0.3) is 0 Å². The van der Waals surface area contributed by atoms with Crippen LogP contribution in [0.1, 0.15) is 0 Å². The minimum atomic E-state index is -1.12. The Balaban J connectivity index is 3.09. The average Bonchev–Trinajstić information content (AvgIpc) is 2.04. The first kappa shape index (κ1) is 8.70. The first-order valence-electron chi connectivity index (χ1n) is 3.23. The van der Waals surface area contributed by atoms with Crippen LogP contribution in [0.4, 0.5) is 24.8 Å². The lowest BCUT2D eigenvalue weighted by atomic mass is 10.3. The van der Waals surface area contributed by atoms with Gasteiger partial charge in [0.1, 0.15) is 5.69 Å². The first-order valence-corrected chi connectivity index (χ1v) is 3.23. The van der Waals surface area contributed by atoms with Crippen LogP contribution in [0.2, 0.25) is 0 Å². The number of nitrogens with zero attached hydrogens (tertiary/aromatic N) is 2. The van der Waals surface area contributed by atoms with Gasteiger partial charge in [-0.05, 0) is 17.5 Å². The molecule has 1 aromatic carbocycles. The molecule has 0 aromatic heterocycles. The van der Waals surface area contributed by atoms with Gasteiger partial charge in [0, 0.05) is 7.05 Å². The van der Waals surface area contributed by atoms with E-state index in [9.17, 15) is 13.4 Å². The maximum absolute atomic E-state index is 12.5. The summed E-state index contributed by atoms with van der Waals surface area (Å²) in [6.07, 6.45) is 0. The van der Waals surface area contributed by atoms with Crippen molar-refractivity contribution in [1.29, 1.82) is 0 Å². The summed E-state index contributed by atoms with van der Waals surface area (Å²) >= 11 is 0. The maximum Gasteiger partial charge on any atom is 0.131 e. The average molecular weight is 176 g/mol. The van der Waals surface area contributed by atoms with E-state index in [1.54, 1.807) is 0 Å². The molecule has 0 aliphatic heterocycles. The highest BCUT2D eigenvalue weighted by molar-refractivity contribution is 5.67. The summed E-state index contributed by atoms with van der Waals surface area (Å²) in [6.45, 7) is 0. The van der Waals surface area contributed by atoms with E-state index < -0.39 is 11.0 Å². The Bertz CT molecular complexity index is 236. The van der Waals surface area contributed by atoms with Crippen LogP contribution in [-0.4, -0.2) is 7.05 Å². The Morgan fingerprint density at radius 1 is 1.00 bits per heavy atom. The van der Waals surface area contributed by atoms with Crippen LogP contribution in [0, 0.1) is 0 Å². The van der Waals surface area contributed by atoms with Gasteiger partial charge in [-0.3, -0.25) is 0 Å². The second kappa shape index (κ2) is 3.34. The molecule has 0 heterocycles. The topological polar surface area (TPSA) is 6.48 Å². The van der Waals surface area contributed by atoms with Crippen molar-refractivity contribution in [2.75, 3.05) is 17.5 Å². The summed E-state index contributed by atoms with van der Waals surface area (Å²) in [7, 11) is 1.06. The Morgan fingerprint density at radius 3 is 1.83 bits per heavy atom. The van der Waals surface area contributed by atoms with E-state index in [1.807, 2.05) is 0 Å². The largest absolute Gasteiger partial charge is 0.213 e. The molecule has 0 atom stereocenters. The van der Waals surface area contributed by atoms with E-state index in [-0.39, 0.29) is 10.8 Å². The molecule has 0 spiro atoms. The second-order valence-electron chi connectivity index (χ2n) is 2.20. The first-order chi connectivity index (χ1) is 5.63. The second-order valence-corrected chi connectivity index (χ2v) is 2.20. The molecule has 2 nitrogen and oxygen atoms in total. The predicted octanol–water partition coefficient (Wildman–Crippen LogP) is 2.58. The molecule has 0 bridgehead atoms. The number of benzene rings is 1. The fourth-order valence-corrected chi connectivity index (χ4v) is 0.868. The summed E-state index contributed by atoms with van der Waals surface area (Å²) in [5.41, 5.74) is -0.620. The zero-order valence-electron chi connectivity index (χ0n) is 6.34. The molecule has 5 heteroatoms. The van der Waals surface area contributed by atoms with Crippen LogP contribution in [-0.2, 0) is 0 Å². The molecule has 0 N–H and O–H groups in total. The Kier molecular flexibility index (Phi) is 2.42. The normalized spacial score (nSPS) is 9.67. The van der Waals surface area contributed by atoms with Gasteiger partial charge in [0.15, 0.2) is 0 Å². The molecule has 0 unspecified atom stereocenters. The summed E-state index contributed by atoms with van der Waals surface area (Å²) in [6, 6.07) is 5.29. The molecular formula is C7H7F3N2. The highest BCUT2D eigenvalue weighted by Crippen LogP contribution is 2.28. The van der Waals surface area contributed by atoms with Crippen molar-refractivity contribution in [3.05, 3.63) is 24.3 Å². The SMILES string of the molecule is CN(F)c1ccccc1N(F)F. The van der Waals surface area contributed by atoms with Crippen molar-refractivity contribution in [3.63, 3.8) is 0 Å². The van der Waals surface area contributed by atoms with E-state index in [4.69, 9.17) is 0 Å². The molecule has 1 rings (SSSR count). The van der Waals surface area contributed by atoms with Crippen LogP contribution < -0.4 is 10.5 Å². The third kappa shape index (κ3) is 1.61. The van der Waals surface area contributed by atoms with Crippen molar-refractivity contribution in [3.8, 4) is 0 Å². The molecule has 1 aromatic rings. The molecule has 0 aliphatic rings. The van der Waals surface area contributed by atoms with Crippen molar-refractivity contribution >= 4 is 11.4 Å². The van der Waals surface area contributed by atoms with Crippen LogP contribution in [0.15, 0.2) is 24.3 Å². The zero-order chi connectivity index (χ0) is 9.14. The summed E-state index contributed by atoms with van der Waals surface area (Å²) in [5.74, 6) is 0. The minimum absolute atomic E-state index is 0.140. The van der Waals surface area contributed by atoms with Gasteiger partial charge in [-0.25, -0.2) is 5.12 Å². The lowest BCUT2D eigenvalue weighted by molar-refractivity contribution is 0.234. The van der Waals surface area contributed by atoms with E-state index in [2.05, 4.69) is 0 Å². The summed E-state index contributed by atoms with van der Waals surface area (Å²) < 4.78 is 36.6. The zero-order valence-corrected chi connectivity index (χ0v) is 6.34. The number of rotatable bonds is 2. The Morgan fingerprint density at radius 2 is 1.50 bits per heavy atom. The van der Waals surface area contributed by atoms with Crippen LogP contribution in [0.3, 0.4) is 0 Å². The molecule has 0 saturated carbocycles. The van der Waals surface area contributed by atoms with E-state index in [0.29, 0.717) is 0 Å². The van der Waals surface area contributed by atoms with Gasteiger partial charge in [-0.1, -0.05) is 21.1 Å². The fraction of sp³-hybridized carbons (Fsp3) is 0.143. The molecule has 12 heavy (non-hydrogen) atoms. The molecule has 0 fully saturated rings. The van der Waals surface area contributed by atoms with Crippen LogP contribution in [0.5, 0.6) is 0 Å². The lowest BCUT2D eigenvalue weighted by Crippen LogP contribution is -2.07. The number of hydrogen-bond donors (Lipinski definition) is 0. The summed E-state index contributed by atoms with van der Waals surface area (Å²) in [5, 5.41) is -0.979. The fourth-order valence-electron chi connectivity index (χ4n) is 0.868. The van der Waals surface area contributed by atoms with Gasteiger partial charge in [0.2, 0.25) is 0 Å². The van der Waals surface area contributed by atoms with Gasteiger partial charge < -0.3 is 0 Å². The molecule has 0 amide bonds. The number of halogens is 3. The molecule has 0 aliphatic carbocycles. The molecule has 0 radical (unpaired) electrons. The number of hydrogen-bond acceptors (Lipinski definition) is 2. The van der Waals surface area contributed by atoms with Gasteiger partial charge >= 0.3 is 0 Å². The minimum Gasteiger partial charge on any atom is -0.213 e. The number of anilines is 2. The third-order valence-corrected chi connectivity index (χ3v) is 1.40. The molecular weight excluding hydrogens is 169 g/mol. The van der Waals surface area contributed by atoms with Crippen molar-refractivity contribution in [1.82, 2.24) is 0 Å². The maximum atomic E-state index is 12.5. The van der Waals surface area contributed by atoms with Crippen LogP contribution >= 0.6 is 0 Å². The number of para-hydroxylation sites is 2. The van der Waals surface area contributed by atoms with Gasteiger partial charge in [0.05, 0.1) is 5.69 Å². The van der Waals surface area contributed by atoms with Crippen molar-refractivity contribution in [2.45, 2.75) is 0 Å². The van der Waals surface area contributed by atoms with Crippen molar-refractivity contribution in [2.24, 2.45) is 0 Å². The smallest absolute Gasteiger partial charge is 0.131 e. The van der Waals surface area contributed by atoms with Gasteiger partial charge in [-0.2, -0.15) is 0 Å². The van der Waals surface area contributed by atoms with E-state index in [0.717, 1.165) is 13.1 Å². The van der Waals surface area contributed by atoms with Gasteiger partial charge in [0.25, 0.3) is 0 Å². The van der Waals surface area contributed by atoms with E-state index in [1.165, 1.54) is 18.2 Å². The highest BCUT2D eigenvalue weighted by Gasteiger charge is 2.11. The predicted molar refractivity (Wildman–Crippen MR) is 40.6 cm³/mol. The molecule has 0 saturated heterocycles. The van der Waals surface area contributed by atoms with Crippen molar-refractivity contribution < 1.29 is 13.4 Å². The standard InChI is InChI=1S/C7H7F3N2/c1-11(8)6-4-2-3-5-7(6)12(9)10/h2-5H,1H3. The summed E-state index contributed by atoms with van der Waals surface area (Å²) in [4.78, 5) is 0. The monoisotopic (exact) mass is 176 g/mol. The third-order valence-electron chi connectivity index (χ3n) is 1.40. The molecule has 66 valence electrons.